The summed E-state index contributed by atoms with van der Waals surface area (Å²) in [6, 6.07) is 3.82. The molecule has 2 aromatic rings. The van der Waals surface area contributed by atoms with Crippen molar-refractivity contribution in [2.24, 2.45) is 0 Å². The van der Waals surface area contributed by atoms with Gasteiger partial charge < -0.3 is 14.2 Å². The molecular formula is C19H24N4O3. The Morgan fingerprint density at radius 2 is 2.08 bits per heavy atom. The molecular weight excluding hydrogens is 332 g/mol. The molecule has 0 radical (unpaired) electrons. The van der Waals surface area contributed by atoms with E-state index < -0.39 is 5.60 Å². The van der Waals surface area contributed by atoms with Gasteiger partial charge in [-0.2, -0.15) is 4.98 Å². The smallest absolute Gasteiger partial charge is 0.410 e. The average molecular weight is 356 g/mol. The molecule has 2 aromatic heterocycles. The van der Waals surface area contributed by atoms with Gasteiger partial charge in [0, 0.05) is 37.5 Å². The number of piperidine rings is 1. The van der Waals surface area contributed by atoms with Gasteiger partial charge in [-0.15, -0.1) is 0 Å². The minimum absolute atomic E-state index is 0.193. The van der Waals surface area contributed by atoms with Gasteiger partial charge in [-0.25, -0.2) is 4.79 Å². The number of aromatic nitrogens is 3. The van der Waals surface area contributed by atoms with E-state index in [2.05, 4.69) is 15.1 Å². The molecule has 1 aliphatic heterocycles. The van der Waals surface area contributed by atoms with Crippen LogP contribution >= 0.6 is 0 Å². The Balaban J connectivity index is 1.55. The lowest BCUT2D eigenvalue weighted by atomic mass is 9.96. The second-order valence-electron chi connectivity index (χ2n) is 7.35. The van der Waals surface area contributed by atoms with E-state index in [1.807, 2.05) is 39.0 Å². The molecule has 3 heterocycles. The van der Waals surface area contributed by atoms with Crippen LogP contribution in [0.25, 0.3) is 12.2 Å². The minimum Gasteiger partial charge on any atom is -0.444 e. The van der Waals surface area contributed by atoms with Gasteiger partial charge in [0.15, 0.2) is 5.82 Å². The Labute approximate surface area is 153 Å². The number of rotatable bonds is 3. The standard InChI is InChI=1S/C19H24N4O3/c1-19(2,3)25-18(24)23-11-8-15(9-12-23)17-21-16(26-22-17)7-6-14-5-4-10-20-13-14/h4-7,10,13,15H,8-9,11-12H2,1-3H3. The summed E-state index contributed by atoms with van der Waals surface area (Å²) in [5.74, 6) is 1.36. The highest BCUT2D eigenvalue weighted by atomic mass is 16.6. The largest absolute Gasteiger partial charge is 0.444 e. The summed E-state index contributed by atoms with van der Waals surface area (Å²) in [5, 5.41) is 4.09. The lowest BCUT2D eigenvalue weighted by Crippen LogP contribution is -2.41. The third-order valence-corrected chi connectivity index (χ3v) is 4.07. The number of carbonyl (C=O) groups excluding carboxylic acids is 1. The average Bonchev–Trinajstić information content (AvgIpc) is 3.08. The van der Waals surface area contributed by atoms with Gasteiger partial charge in [-0.3, -0.25) is 4.98 Å². The van der Waals surface area contributed by atoms with Crippen molar-refractivity contribution in [1.82, 2.24) is 20.0 Å². The number of nitrogens with zero attached hydrogens (tertiary/aromatic N) is 4. The second-order valence-corrected chi connectivity index (χ2v) is 7.35. The summed E-state index contributed by atoms with van der Waals surface area (Å²) in [6.07, 6.45) is 8.49. The summed E-state index contributed by atoms with van der Waals surface area (Å²) < 4.78 is 10.7. The van der Waals surface area contributed by atoms with Crippen LogP contribution in [0.2, 0.25) is 0 Å². The van der Waals surface area contributed by atoms with E-state index in [9.17, 15) is 4.79 Å². The minimum atomic E-state index is -0.475. The van der Waals surface area contributed by atoms with Crippen LogP contribution in [0.5, 0.6) is 0 Å². The summed E-state index contributed by atoms with van der Waals surface area (Å²) in [6.45, 7) is 6.89. The Bertz CT molecular complexity index is 757. The molecule has 7 heteroatoms. The van der Waals surface area contributed by atoms with E-state index in [-0.39, 0.29) is 12.0 Å². The van der Waals surface area contributed by atoms with Gasteiger partial charge in [0.1, 0.15) is 5.60 Å². The fourth-order valence-electron chi connectivity index (χ4n) is 2.77. The molecule has 0 aliphatic carbocycles. The molecule has 1 saturated heterocycles. The molecule has 1 amide bonds. The van der Waals surface area contributed by atoms with Crippen molar-refractivity contribution in [2.75, 3.05) is 13.1 Å². The normalized spacial score (nSPS) is 16.2. The quantitative estimate of drug-likeness (QED) is 0.833. The number of carbonyl (C=O) groups is 1. The maximum Gasteiger partial charge on any atom is 0.410 e. The summed E-state index contributed by atoms with van der Waals surface area (Å²) in [5.41, 5.74) is 0.495. The van der Waals surface area contributed by atoms with E-state index in [1.165, 1.54) is 0 Å². The monoisotopic (exact) mass is 356 g/mol. The van der Waals surface area contributed by atoms with Crippen LogP contribution in [0, 0.1) is 0 Å². The van der Waals surface area contributed by atoms with Crippen molar-refractivity contribution in [3.63, 3.8) is 0 Å². The van der Waals surface area contributed by atoms with E-state index in [0.717, 1.165) is 18.4 Å². The molecule has 26 heavy (non-hydrogen) atoms. The Kier molecular flexibility index (Phi) is 5.35. The first-order valence-corrected chi connectivity index (χ1v) is 8.80. The first-order valence-electron chi connectivity index (χ1n) is 8.80. The van der Waals surface area contributed by atoms with Gasteiger partial charge in [0.2, 0.25) is 0 Å². The van der Waals surface area contributed by atoms with E-state index in [0.29, 0.717) is 24.8 Å². The van der Waals surface area contributed by atoms with Crippen molar-refractivity contribution in [1.29, 1.82) is 0 Å². The topological polar surface area (TPSA) is 81.4 Å². The number of hydrogen-bond acceptors (Lipinski definition) is 6. The maximum absolute atomic E-state index is 12.1. The molecule has 0 N–H and O–H groups in total. The molecule has 0 atom stereocenters. The predicted octanol–water partition coefficient (Wildman–Crippen LogP) is 3.75. The molecule has 0 bridgehead atoms. The summed E-state index contributed by atoms with van der Waals surface area (Å²) in [4.78, 5) is 22.4. The van der Waals surface area contributed by atoms with Crippen LogP contribution in [0.15, 0.2) is 29.0 Å². The van der Waals surface area contributed by atoms with E-state index >= 15 is 0 Å². The van der Waals surface area contributed by atoms with Crippen molar-refractivity contribution in [2.45, 2.75) is 45.1 Å². The van der Waals surface area contributed by atoms with Crippen LogP contribution < -0.4 is 0 Å². The number of likely N-dealkylation sites (tertiary alicyclic amines) is 1. The SMILES string of the molecule is CC(C)(C)OC(=O)N1CCC(c2noc(C=Cc3cccnc3)n2)CC1. The lowest BCUT2D eigenvalue weighted by molar-refractivity contribution is 0.0203. The van der Waals surface area contributed by atoms with Gasteiger partial charge in [0.05, 0.1) is 0 Å². The Morgan fingerprint density at radius 3 is 2.73 bits per heavy atom. The number of amides is 1. The van der Waals surface area contributed by atoms with Crippen molar-refractivity contribution >= 4 is 18.2 Å². The second kappa shape index (κ2) is 7.68. The summed E-state index contributed by atoms with van der Waals surface area (Å²) in [7, 11) is 0. The number of pyridine rings is 1. The highest BCUT2D eigenvalue weighted by molar-refractivity contribution is 5.68. The molecule has 1 fully saturated rings. The Hall–Kier alpha value is -2.70. The van der Waals surface area contributed by atoms with Gasteiger partial charge in [-0.1, -0.05) is 11.2 Å². The van der Waals surface area contributed by atoms with E-state index in [4.69, 9.17) is 9.26 Å². The van der Waals surface area contributed by atoms with Gasteiger partial charge in [-0.05, 0) is 51.3 Å². The molecule has 138 valence electrons. The van der Waals surface area contributed by atoms with Crippen LogP contribution in [0.3, 0.4) is 0 Å². The third kappa shape index (κ3) is 4.91. The van der Waals surface area contributed by atoms with Crippen molar-refractivity contribution in [3.8, 4) is 0 Å². The first-order chi connectivity index (χ1) is 12.4. The zero-order valence-electron chi connectivity index (χ0n) is 15.4. The molecule has 0 spiro atoms. The first kappa shape index (κ1) is 18.1. The van der Waals surface area contributed by atoms with Crippen LogP contribution in [0.4, 0.5) is 4.79 Å². The molecule has 0 saturated carbocycles. The Morgan fingerprint density at radius 1 is 1.31 bits per heavy atom. The highest BCUT2D eigenvalue weighted by Gasteiger charge is 2.29. The zero-order valence-corrected chi connectivity index (χ0v) is 15.4. The van der Waals surface area contributed by atoms with Crippen molar-refractivity contribution in [3.05, 3.63) is 41.8 Å². The van der Waals surface area contributed by atoms with E-state index in [1.54, 1.807) is 23.4 Å². The molecule has 0 unspecified atom stereocenters. The number of hydrogen-bond donors (Lipinski definition) is 0. The van der Waals surface area contributed by atoms with Crippen LogP contribution in [-0.2, 0) is 4.74 Å². The fourth-order valence-corrected chi connectivity index (χ4v) is 2.77. The fraction of sp³-hybridized carbons (Fsp3) is 0.474. The maximum atomic E-state index is 12.1. The highest BCUT2D eigenvalue weighted by Crippen LogP contribution is 2.27. The van der Waals surface area contributed by atoms with Crippen LogP contribution in [0.1, 0.15) is 56.8 Å². The van der Waals surface area contributed by atoms with Gasteiger partial charge in [0.25, 0.3) is 5.89 Å². The van der Waals surface area contributed by atoms with Crippen LogP contribution in [-0.4, -0.2) is 44.8 Å². The third-order valence-electron chi connectivity index (χ3n) is 4.07. The molecule has 7 nitrogen and oxygen atoms in total. The molecule has 0 aromatic carbocycles. The molecule has 1 aliphatic rings. The summed E-state index contributed by atoms with van der Waals surface area (Å²) >= 11 is 0. The van der Waals surface area contributed by atoms with Gasteiger partial charge >= 0.3 is 6.09 Å². The predicted molar refractivity (Wildman–Crippen MR) is 97.2 cm³/mol. The lowest BCUT2D eigenvalue weighted by Gasteiger charge is -2.32. The number of ether oxygens (including phenoxy) is 1. The zero-order chi connectivity index (χ0) is 18.6. The molecule has 3 rings (SSSR count). The van der Waals surface area contributed by atoms with Crippen molar-refractivity contribution < 1.29 is 14.1 Å².